The monoisotopic (exact) mass is 284 g/mol. The van der Waals surface area contributed by atoms with Gasteiger partial charge in [0.05, 0.1) is 6.42 Å². The molecule has 0 spiro atoms. The lowest BCUT2D eigenvalue weighted by Crippen LogP contribution is -2.25. The van der Waals surface area contributed by atoms with Crippen LogP contribution in [0.4, 0.5) is 5.69 Å². The molecule has 110 valence electrons. The molecule has 0 saturated carbocycles. The summed E-state index contributed by atoms with van der Waals surface area (Å²) in [6, 6.07) is 12.1. The van der Waals surface area contributed by atoms with E-state index in [1.165, 1.54) is 5.56 Å². The van der Waals surface area contributed by atoms with Gasteiger partial charge in [0.15, 0.2) is 0 Å². The Hall–Kier alpha value is -2.36. The Morgan fingerprint density at radius 2 is 1.86 bits per heavy atom. The summed E-state index contributed by atoms with van der Waals surface area (Å²) in [7, 11) is 0. The lowest BCUT2D eigenvalue weighted by Gasteiger charge is -2.24. The van der Waals surface area contributed by atoms with E-state index >= 15 is 0 Å². The van der Waals surface area contributed by atoms with Crippen LogP contribution in [0.1, 0.15) is 23.2 Å². The van der Waals surface area contributed by atoms with Gasteiger partial charge in [-0.25, -0.2) is 0 Å². The number of rotatable bonds is 6. The van der Waals surface area contributed by atoms with Crippen molar-refractivity contribution >= 4 is 11.7 Å². The van der Waals surface area contributed by atoms with Gasteiger partial charge in [0.2, 0.25) is 0 Å². The number of aryl methyl sites for hydroxylation is 2. The molecule has 4 heteroatoms. The first kappa shape index (κ1) is 15.0. The number of anilines is 1. The van der Waals surface area contributed by atoms with Crippen molar-refractivity contribution in [2.24, 2.45) is 0 Å². The van der Waals surface area contributed by atoms with Crippen LogP contribution in [0.15, 0.2) is 42.6 Å². The van der Waals surface area contributed by atoms with Crippen LogP contribution in [0.2, 0.25) is 0 Å². The molecule has 21 heavy (non-hydrogen) atoms. The molecular formula is C17H20N2O2. The molecule has 0 radical (unpaired) electrons. The SMILES string of the molecule is Cc1ccc(N(CCC(=O)O)Cc2ccc(C)nc2)cc1. The summed E-state index contributed by atoms with van der Waals surface area (Å²) in [5.41, 5.74) is 4.27. The van der Waals surface area contributed by atoms with Gasteiger partial charge in [-0.1, -0.05) is 23.8 Å². The Kier molecular flexibility index (Phi) is 4.93. The smallest absolute Gasteiger partial charge is 0.305 e. The van der Waals surface area contributed by atoms with E-state index in [-0.39, 0.29) is 6.42 Å². The van der Waals surface area contributed by atoms with Gasteiger partial charge >= 0.3 is 5.97 Å². The molecule has 4 nitrogen and oxygen atoms in total. The fourth-order valence-electron chi connectivity index (χ4n) is 2.10. The highest BCUT2D eigenvalue weighted by atomic mass is 16.4. The minimum atomic E-state index is -0.783. The van der Waals surface area contributed by atoms with Gasteiger partial charge in [0, 0.05) is 30.7 Å². The minimum Gasteiger partial charge on any atom is -0.481 e. The molecule has 1 aromatic heterocycles. The summed E-state index contributed by atoms with van der Waals surface area (Å²) in [4.78, 5) is 17.2. The fraction of sp³-hybridized carbons (Fsp3) is 0.294. The first-order chi connectivity index (χ1) is 10.0. The lowest BCUT2D eigenvalue weighted by molar-refractivity contribution is -0.136. The quantitative estimate of drug-likeness (QED) is 0.885. The third-order valence-corrected chi connectivity index (χ3v) is 3.34. The molecule has 0 saturated heterocycles. The van der Waals surface area contributed by atoms with Crippen molar-refractivity contribution in [3.8, 4) is 0 Å². The van der Waals surface area contributed by atoms with E-state index in [2.05, 4.69) is 9.88 Å². The zero-order chi connectivity index (χ0) is 15.2. The molecule has 0 bridgehead atoms. The first-order valence-corrected chi connectivity index (χ1v) is 6.99. The average Bonchev–Trinajstić information content (AvgIpc) is 2.46. The van der Waals surface area contributed by atoms with E-state index < -0.39 is 5.97 Å². The molecule has 0 fully saturated rings. The normalized spacial score (nSPS) is 10.4. The molecule has 1 aromatic carbocycles. The first-order valence-electron chi connectivity index (χ1n) is 6.99. The lowest BCUT2D eigenvalue weighted by atomic mass is 10.2. The Balaban J connectivity index is 2.16. The number of hydrogen-bond acceptors (Lipinski definition) is 3. The summed E-state index contributed by atoms with van der Waals surface area (Å²) in [5, 5.41) is 8.92. The number of carboxylic acid groups (broad SMARTS) is 1. The number of nitrogens with zero attached hydrogens (tertiary/aromatic N) is 2. The third-order valence-electron chi connectivity index (χ3n) is 3.34. The zero-order valence-corrected chi connectivity index (χ0v) is 12.4. The van der Waals surface area contributed by atoms with Crippen molar-refractivity contribution < 1.29 is 9.90 Å². The molecule has 1 N–H and O–H groups in total. The van der Waals surface area contributed by atoms with Gasteiger partial charge in [0.25, 0.3) is 0 Å². The molecule has 0 atom stereocenters. The Morgan fingerprint density at radius 1 is 1.14 bits per heavy atom. The Labute approximate surface area is 125 Å². The molecule has 0 unspecified atom stereocenters. The molecule has 0 amide bonds. The number of pyridine rings is 1. The van der Waals surface area contributed by atoms with Crippen molar-refractivity contribution in [2.75, 3.05) is 11.4 Å². The fourth-order valence-corrected chi connectivity index (χ4v) is 2.10. The van der Waals surface area contributed by atoms with E-state index in [1.807, 2.05) is 56.4 Å². The largest absolute Gasteiger partial charge is 0.481 e. The van der Waals surface area contributed by atoms with Crippen molar-refractivity contribution in [1.29, 1.82) is 0 Å². The van der Waals surface area contributed by atoms with Crippen LogP contribution >= 0.6 is 0 Å². The van der Waals surface area contributed by atoms with Gasteiger partial charge in [-0.3, -0.25) is 9.78 Å². The summed E-state index contributed by atoms with van der Waals surface area (Å²) in [6.07, 6.45) is 1.96. The maximum atomic E-state index is 10.8. The second-order valence-electron chi connectivity index (χ2n) is 5.21. The van der Waals surface area contributed by atoms with Crippen LogP contribution in [-0.2, 0) is 11.3 Å². The van der Waals surface area contributed by atoms with Crippen LogP contribution < -0.4 is 4.90 Å². The van der Waals surface area contributed by atoms with Crippen LogP contribution in [0.25, 0.3) is 0 Å². The second-order valence-corrected chi connectivity index (χ2v) is 5.21. The van der Waals surface area contributed by atoms with Crippen molar-refractivity contribution in [3.63, 3.8) is 0 Å². The number of benzene rings is 1. The van der Waals surface area contributed by atoms with Crippen molar-refractivity contribution in [2.45, 2.75) is 26.8 Å². The van der Waals surface area contributed by atoms with E-state index in [4.69, 9.17) is 5.11 Å². The predicted molar refractivity (Wildman–Crippen MR) is 83.5 cm³/mol. The number of hydrogen-bond donors (Lipinski definition) is 1. The van der Waals surface area contributed by atoms with E-state index in [0.29, 0.717) is 13.1 Å². The van der Waals surface area contributed by atoms with Gasteiger partial charge in [0.1, 0.15) is 0 Å². The molecule has 0 aliphatic rings. The minimum absolute atomic E-state index is 0.118. The van der Waals surface area contributed by atoms with E-state index in [1.54, 1.807) is 0 Å². The third kappa shape index (κ3) is 4.60. The predicted octanol–water partition coefficient (Wildman–Crippen LogP) is 3.18. The molecule has 2 rings (SSSR count). The highest BCUT2D eigenvalue weighted by Crippen LogP contribution is 2.18. The Morgan fingerprint density at radius 3 is 2.43 bits per heavy atom. The van der Waals surface area contributed by atoms with E-state index in [9.17, 15) is 4.79 Å². The molecule has 0 aliphatic heterocycles. The van der Waals surface area contributed by atoms with Crippen molar-refractivity contribution in [3.05, 3.63) is 59.4 Å². The number of carboxylic acids is 1. The summed E-state index contributed by atoms with van der Waals surface area (Å²) in [6.45, 7) is 5.12. The van der Waals surface area contributed by atoms with Gasteiger partial charge < -0.3 is 10.0 Å². The molecular weight excluding hydrogens is 264 g/mol. The molecule has 2 aromatic rings. The topological polar surface area (TPSA) is 53.4 Å². The second kappa shape index (κ2) is 6.88. The average molecular weight is 284 g/mol. The number of aromatic nitrogens is 1. The zero-order valence-electron chi connectivity index (χ0n) is 12.4. The van der Waals surface area contributed by atoms with Crippen LogP contribution in [0.3, 0.4) is 0 Å². The number of carbonyl (C=O) groups is 1. The standard InChI is InChI=1S/C17H20N2O2/c1-13-3-7-16(8-4-13)19(10-9-17(20)21)12-15-6-5-14(2)18-11-15/h3-8,11H,9-10,12H2,1-2H3,(H,20,21). The summed E-state index contributed by atoms with van der Waals surface area (Å²) < 4.78 is 0. The summed E-state index contributed by atoms with van der Waals surface area (Å²) >= 11 is 0. The van der Waals surface area contributed by atoms with Crippen LogP contribution in [0.5, 0.6) is 0 Å². The van der Waals surface area contributed by atoms with Gasteiger partial charge in [-0.2, -0.15) is 0 Å². The van der Waals surface area contributed by atoms with E-state index in [0.717, 1.165) is 16.9 Å². The van der Waals surface area contributed by atoms with Crippen molar-refractivity contribution in [1.82, 2.24) is 4.98 Å². The maximum Gasteiger partial charge on any atom is 0.305 e. The number of aliphatic carboxylic acids is 1. The highest BCUT2D eigenvalue weighted by Gasteiger charge is 2.10. The molecule has 0 aliphatic carbocycles. The van der Waals surface area contributed by atoms with Crippen LogP contribution in [0, 0.1) is 13.8 Å². The maximum absolute atomic E-state index is 10.8. The summed E-state index contributed by atoms with van der Waals surface area (Å²) in [5.74, 6) is -0.783. The highest BCUT2D eigenvalue weighted by molar-refractivity contribution is 5.67. The molecule has 1 heterocycles. The van der Waals surface area contributed by atoms with Gasteiger partial charge in [-0.15, -0.1) is 0 Å². The van der Waals surface area contributed by atoms with Gasteiger partial charge in [-0.05, 0) is 37.6 Å². The Bertz CT molecular complexity index is 591. The van der Waals surface area contributed by atoms with Crippen LogP contribution in [-0.4, -0.2) is 22.6 Å².